The molecule has 1 aliphatic carbocycles. The monoisotopic (exact) mass is 302 g/mol. The third-order valence-electron chi connectivity index (χ3n) is 4.49. The molecule has 1 aromatic heterocycles. The van der Waals surface area contributed by atoms with E-state index in [1.807, 2.05) is 12.1 Å². The van der Waals surface area contributed by atoms with Crippen LogP contribution < -0.4 is 5.73 Å². The third-order valence-corrected chi connectivity index (χ3v) is 4.74. The van der Waals surface area contributed by atoms with E-state index in [4.69, 9.17) is 17.3 Å². The first-order valence-electron chi connectivity index (χ1n) is 7.62. The number of aryl methyl sites for hydroxylation is 2. The molecule has 0 bridgehead atoms. The molecule has 3 rings (SSSR count). The maximum Gasteiger partial charge on any atom is 0.0406 e. The lowest BCUT2D eigenvalue weighted by Crippen LogP contribution is -2.30. The van der Waals surface area contributed by atoms with Crippen LogP contribution in [-0.2, 0) is 19.4 Å². The fourth-order valence-corrected chi connectivity index (χ4v) is 3.53. The Morgan fingerprint density at radius 1 is 1.24 bits per heavy atom. The third kappa shape index (κ3) is 3.17. The lowest BCUT2D eigenvalue weighted by atomic mass is 9.74. The number of halogens is 1. The van der Waals surface area contributed by atoms with Crippen LogP contribution in [0.4, 0.5) is 0 Å². The summed E-state index contributed by atoms with van der Waals surface area (Å²) in [5.74, 6) is 0. The molecular weight excluding hydrogens is 280 g/mol. The molecule has 21 heavy (non-hydrogen) atoms. The van der Waals surface area contributed by atoms with Crippen LogP contribution in [-0.4, -0.2) is 4.57 Å². The Kier molecular flexibility index (Phi) is 3.85. The van der Waals surface area contributed by atoms with Crippen LogP contribution in [0.2, 0.25) is 5.02 Å². The minimum atomic E-state index is 0.181. The molecule has 2 nitrogen and oxygen atoms in total. The topological polar surface area (TPSA) is 30.9 Å². The molecule has 1 aromatic carbocycles. The Balaban J connectivity index is 1.77. The number of benzene rings is 1. The molecule has 1 unspecified atom stereocenters. The maximum atomic E-state index is 6.33. The number of hydrogen-bond acceptors (Lipinski definition) is 1. The Morgan fingerprint density at radius 3 is 2.67 bits per heavy atom. The SMILES string of the molecule is CC1(C)Cc2c(ccn2CCc2ccc(Cl)cc2)C(N)C1. The van der Waals surface area contributed by atoms with Crippen molar-refractivity contribution in [1.29, 1.82) is 0 Å². The number of nitrogens with two attached hydrogens (primary N) is 1. The van der Waals surface area contributed by atoms with Gasteiger partial charge in [0, 0.05) is 29.5 Å². The minimum Gasteiger partial charge on any atom is -0.351 e. The Hall–Kier alpha value is -1.25. The van der Waals surface area contributed by atoms with Crippen molar-refractivity contribution in [1.82, 2.24) is 4.57 Å². The summed E-state index contributed by atoms with van der Waals surface area (Å²) < 4.78 is 2.38. The molecule has 0 saturated carbocycles. The summed E-state index contributed by atoms with van der Waals surface area (Å²) in [5.41, 5.74) is 10.7. The Bertz CT molecular complexity index is 625. The van der Waals surface area contributed by atoms with E-state index in [0.29, 0.717) is 5.41 Å². The van der Waals surface area contributed by atoms with Gasteiger partial charge in [0.05, 0.1) is 0 Å². The van der Waals surface area contributed by atoms with Crippen molar-refractivity contribution in [3.63, 3.8) is 0 Å². The molecule has 0 spiro atoms. The normalized spacial score (nSPS) is 20.3. The van der Waals surface area contributed by atoms with Crippen LogP contribution >= 0.6 is 11.6 Å². The molecule has 0 aliphatic heterocycles. The second-order valence-corrected chi connectivity index (χ2v) is 7.38. The van der Waals surface area contributed by atoms with Crippen molar-refractivity contribution in [2.45, 2.75) is 45.7 Å². The van der Waals surface area contributed by atoms with Gasteiger partial charge in [-0.15, -0.1) is 0 Å². The molecule has 0 radical (unpaired) electrons. The van der Waals surface area contributed by atoms with Crippen LogP contribution in [0.3, 0.4) is 0 Å². The lowest BCUT2D eigenvalue weighted by Gasteiger charge is -2.34. The maximum absolute atomic E-state index is 6.33. The van der Waals surface area contributed by atoms with Gasteiger partial charge in [-0.2, -0.15) is 0 Å². The highest BCUT2D eigenvalue weighted by atomic mass is 35.5. The average Bonchev–Trinajstić information content (AvgIpc) is 2.80. The molecule has 2 aromatic rings. The average molecular weight is 303 g/mol. The van der Waals surface area contributed by atoms with Gasteiger partial charge >= 0.3 is 0 Å². The van der Waals surface area contributed by atoms with E-state index in [-0.39, 0.29) is 6.04 Å². The highest BCUT2D eigenvalue weighted by Gasteiger charge is 2.32. The summed E-state index contributed by atoms with van der Waals surface area (Å²) in [7, 11) is 0. The van der Waals surface area contributed by atoms with Gasteiger partial charge in [-0.3, -0.25) is 0 Å². The van der Waals surface area contributed by atoms with Gasteiger partial charge in [0.1, 0.15) is 0 Å². The molecule has 3 heteroatoms. The van der Waals surface area contributed by atoms with E-state index in [2.05, 4.69) is 42.8 Å². The van der Waals surface area contributed by atoms with E-state index in [0.717, 1.165) is 30.8 Å². The summed E-state index contributed by atoms with van der Waals surface area (Å²) >= 11 is 5.93. The Morgan fingerprint density at radius 2 is 1.95 bits per heavy atom. The summed E-state index contributed by atoms with van der Waals surface area (Å²) in [6.45, 7) is 5.62. The van der Waals surface area contributed by atoms with Crippen molar-refractivity contribution in [2.75, 3.05) is 0 Å². The van der Waals surface area contributed by atoms with E-state index in [9.17, 15) is 0 Å². The van der Waals surface area contributed by atoms with Gasteiger partial charge in [0.15, 0.2) is 0 Å². The molecule has 0 amide bonds. The molecular formula is C18H23ClN2. The summed E-state index contributed by atoms with van der Waals surface area (Å²) in [6.07, 6.45) is 5.40. The number of fused-ring (bicyclic) bond motifs is 1. The molecule has 2 N–H and O–H groups in total. The second-order valence-electron chi connectivity index (χ2n) is 6.94. The van der Waals surface area contributed by atoms with Gasteiger partial charge in [0.25, 0.3) is 0 Å². The Labute approximate surface area is 131 Å². The summed E-state index contributed by atoms with van der Waals surface area (Å²) in [4.78, 5) is 0. The number of rotatable bonds is 3. The predicted octanol–water partition coefficient (Wildman–Crippen LogP) is 4.36. The van der Waals surface area contributed by atoms with Crippen LogP contribution in [0.25, 0.3) is 0 Å². The zero-order valence-corrected chi connectivity index (χ0v) is 13.5. The second kappa shape index (κ2) is 5.51. The largest absolute Gasteiger partial charge is 0.351 e. The molecule has 0 saturated heterocycles. The fourth-order valence-electron chi connectivity index (χ4n) is 3.40. The standard InChI is InChI=1S/C18H23ClN2/c1-18(2)11-16(20)15-8-10-21(17(15)12-18)9-7-13-3-5-14(19)6-4-13/h3-6,8,10,16H,7,9,11-12,20H2,1-2H3. The van der Waals surface area contributed by atoms with E-state index < -0.39 is 0 Å². The van der Waals surface area contributed by atoms with Crippen LogP contribution in [0.5, 0.6) is 0 Å². The minimum absolute atomic E-state index is 0.181. The summed E-state index contributed by atoms with van der Waals surface area (Å²) in [5, 5.41) is 0.796. The molecule has 112 valence electrons. The van der Waals surface area contributed by atoms with Gasteiger partial charge in [-0.25, -0.2) is 0 Å². The van der Waals surface area contributed by atoms with E-state index in [1.165, 1.54) is 16.8 Å². The number of hydrogen-bond donors (Lipinski definition) is 1. The van der Waals surface area contributed by atoms with E-state index >= 15 is 0 Å². The quantitative estimate of drug-likeness (QED) is 0.897. The van der Waals surface area contributed by atoms with Crippen molar-refractivity contribution >= 4 is 11.6 Å². The molecule has 1 heterocycles. The van der Waals surface area contributed by atoms with Crippen molar-refractivity contribution < 1.29 is 0 Å². The first kappa shape index (κ1) is 14.7. The first-order valence-corrected chi connectivity index (χ1v) is 8.00. The van der Waals surface area contributed by atoms with Gasteiger partial charge < -0.3 is 10.3 Å². The van der Waals surface area contributed by atoms with Gasteiger partial charge in [-0.05, 0) is 54.0 Å². The lowest BCUT2D eigenvalue weighted by molar-refractivity contribution is 0.275. The number of nitrogens with zero attached hydrogens (tertiary/aromatic N) is 1. The van der Waals surface area contributed by atoms with E-state index in [1.54, 1.807) is 0 Å². The summed E-state index contributed by atoms with van der Waals surface area (Å²) in [6, 6.07) is 10.5. The zero-order chi connectivity index (χ0) is 15.0. The fraction of sp³-hybridized carbons (Fsp3) is 0.444. The molecule has 1 aliphatic rings. The van der Waals surface area contributed by atoms with Crippen molar-refractivity contribution in [3.8, 4) is 0 Å². The van der Waals surface area contributed by atoms with Crippen LogP contribution in [0.1, 0.15) is 43.1 Å². The van der Waals surface area contributed by atoms with Crippen molar-refractivity contribution in [3.05, 3.63) is 58.4 Å². The highest BCUT2D eigenvalue weighted by molar-refractivity contribution is 6.30. The highest BCUT2D eigenvalue weighted by Crippen LogP contribution is 2.40. The van der Waals surface area contributed by atoms with Gasteiger partial charge in [-0.1, -0.05) is 37.6 Å². The van der Waals surface area contributed by atoms with Crippen molar-refractivity contribution in [2.24, 2.45) is 11.1 Å². The predicted molar refractivity (Wildman–Crippen MR) is 88.6 cm³/mol. The zero-order valence-electron chi connectivity index (χ0n) is 12.8. The van der Waals surface area contributed by atoms with Crippen LogP contribution in [0, 0.1) is 5.41 Å². The molecule has 1 atom stereocenters. The van der Waals surface area contributed by atoms with Gasteiger partial charge in [0.2, 0.25) is 0 Å². The first-order chi connectivity index (χ1) is 9.94. The van der Waals surface area contributed by atoms with Crippen LogP contribution in [0.15, 0.2) is 36.5 Å². The number of aromatic nitrogens is 1. The smallest absolute Gasteiger partial charge is 0.0406 e. The molecule has 0 fully saturated rings.